The third-order valence-corrected chi connectivity index (χ3v) is 8.21. The molecule has 1 unspecified atom stereocenters. The summed E-state index contributed by atoms with van der Waals surface area (Å²) < 4.78 is 0. The molecule has 3 aliphatic heterocycles. The standard InChI is InChI=1S/C30H29ClN6O4/c31-22-3-1-2-19(13-22)21-15-32-30(33-16-21)36-10-8-18(9-11-36)12-27(39)34-23-4-5-24-20(14-23)17-37(29(24)41)25-6-7-26(38)35-28(25)40/h1-5,13-16,18,25H,6-12,17H2,(H,34,39)(H,35,38,40). The van der Waals surface area contributed by atoms with Gasteiger partial charge in [-0.05, 0) is 66.6 Å². The number of anilines is 2. The van der Waals surface area contributed by atoms with Gasteiger partial charge in [0, 0.05) is 66.7 Å². The molecule has 1 aromatic heterocycles. The quantitative estimate of drug-likeness (QED) is 0.430. The molecule has 0 bridgehead atoms. The number of carbonyl (C=O) groups is 4. The number of nitrogens with one attached hydrogen (secondary N) is 2. The average molecular weight is 573 g/mol. The number of hydrogen-bond donors (Lipinski definition) is 2. The molecule has 3 aliphatic rings. The van der Waals surface area contributed by atoms with Crippen LogP contribution < -0.4 is 15.5 Å². The molecule has 2 fully saturated rings. The number of carbonyl (C=O) groups excluding carboxylic acids is 4. The van der Waals surface area contributed by atoms with Gasteiger partial charge >= 0.3 is 0 Å². The molecule has 6 rings (SSSR count). The second kappa shape index (κ2) is 11.3. The molecule has 10 nitrogen and oxygen atoms in total. The maximum atomic E-state index is 12.9. The molecule has 1 atom stereocenters. The summed E-state index contributed by atoms with van der Waals surface area (Å²) in [5.41, 5.74) is 3.77. The number of halogens is 1. The van der Waals surface area contributed by atoms with Crippen LogP contribution in [-0.4, -0.2) is 57.6 Å². The van der Waals surface area contributed by atoms with Gasteiger partial charge in [0.05, 0.1) is 0 Å². The van der Waals surface area contributed by atoms with E-state index in [0.29, 0.717) is 35.1 Å². The maximum absolute atomic E-state index is 12.9. The summed E-state index contributed by atoms with van der Waals surface area (Å²) in [4.78, 5) is 62.3. The van der Waals surface area contributed by atoms with Crippen LogP contribution in [0.2, 0.25) is 5.02 Å². The molecule has 0 radical (unpaired) electrons. The number of imide groups is 1. The number of piperidine rings is 2. The number of nitrogens with zero attached hydrogens (tertiary/aromatic N) is 4. The predicted molar refractivity (Wildman–Crippen MR) is 153 cm³/mol. The van der Waals surface area contributed by atoms with Crippen LogP contribution in [0.4, 0.5) is 11.6 Å². The second-order valence-electron chi connectivity index (χ2n) is 10.7. The van der Waals surface area contributed by atoms with Gasteiger partial charge in [0.25, 0.3) is 5.91 Å². The highest BCUT2D eigenvalue weighted by molar-refractivity contribution is 6.30. The van der Waals surface area contributed by atoms with E-state index < -0.39 is 11.9 Å². The van der Waals surface area contributed by atoms with Crippen molar-refractivity contribution in [3.8, 4) is 11.1 Å². The fourth-order valence-corrected chi connectivity index (χ4v) is 5.96. The molecule has 4 heterocycles. The zero-order chi connectivity index (χ0) is 28.5. The molecular formula is C30H29ClN6O4. The Balaban J connectivity index is 1.00. The maximum Gasteiger partial charge on any atom is 0.255 e. The number of amides is 4. The van der Waals surface area contributed by atoms with Crippen molar-refractivity contribution in [3.63, 3.8) is 0 Å². The minimum Gasteiger partial charge on any atom is -0.341 e. The van der Waals surface area contributed by atoms with Gasteiger partial charge in [-0.15, -0.1) is 0 Å². The van der Waals surface area contributed by atoms with Crippen molar-refractivity contribution in [1.82, 2.24) is 20.2 Å². The lowest BCUT2D eigenvalue weighted by Gasteiger charge is -2.31. The number of benzene rings is 2. The summed E-state index contributed by atoms with van der Waals surface area (Å²) in [6.45, 7) is 1.81. The Bertz CT molecular complexity index is 1520. The van der Waals surface area contributed by atoms with Crippen LogP contribution in [0.3, 0.4) is 0 Å². The largest absolute Gasteiger partial charge is 0.341 e. The molecule has 11 heteroatoms. The lowest BCUT2D eigenvalue weighted by molar-refractivity contribution is -0.137. The van der Waals surface area contributed by atoms with Crippen LogP contribution >= 0.6 is 11.6 Å². The minimum atomic E-state index is -0.664. The zero-order valence-corrected chi connectivity index (χ0v) is 23.1. The van der Waals surface area contributed by atoms with Crippen LogP contribution in [0.15, 0.2) is 54.9 Å². The number of fused-ring (bicyclic) bond motifs is 1. The molecule has 2 aromatic carbocycles. The van der Waals surface area contributed by atoms with E-state index in [9.17, 15) is 19.2 Å². The van der Waals surface area contributed by atoms with Crippen LogP contribution in [0.25, 0.3) is 11.1 Å². The Hall–Kier alpha value is -4.31. The third kappa shape index (κ3) is 5.78. The van der Waals surface area contributed by atoms with Crippen LogP contribution in [0.5, 0.6) is 0 Å². The fourth-order valence-electron chi connectivity index (χ4n) is 5.77. The number of rotatable bonds is 6. The smallest absolute Gasteiger partial charge is 0.255 e. The van der Waals surface area contributed by atoms with Gasteiger partial charge in [-0.25, -0.2) is 9.97 Å². The predicted octanol–water partition coefficient (Wildman–Crippen LogP) is 3.80. The van der Waals surface area contributed by atoms with Crippen molar-refractivity contribution in [3.05, 3.63) is 71.0 Å². The molecule has 3 aromatic rings. The van der Waals surface area contributed by atoms with Crippen molar-refractivity contribution in [1.29, 1.82) is 0 Å². The molecule has 41 heavy (non-hydrogen) atoms. The lowest BCUT2D eigenvalue weighted by Crippen LogP contribution is -2.52. The van der Waals surface area contributed by atoms with Gasteiger partial charge < -0.3 is 15.1 Å². The summed E-state index contributed by atoms with van der Waals surface area (Å²) in [6.07, 6.45) is 6.25. The summed E-state index contributed by atoms with van der Waals surface area (Å²) in [7, 11) is 0. The van der Waals surface area contributed by atoms with Crippen molar-refractivity contribution < 1.29 is 19.2 Å². The van der Waals surface area contributed by atoms with Crippen LogP contribution in [0.1, 0.15) is 48.0 Å². The Morgan fingerprint density at radius 2 is 1.78 bits per heavy atom. The Kier molecular flexibility index (Phi) is 7.40. The molecule has 2 N–H and O–H groups in total. The minimum absolute atomic E-state index is 0.0723. The first-order chi connectivity index (χ1) is 19.8. The number of aromatic nitrogens is 2. The first-order valence-corrected chi connectivity index (χ1v) is 14.1. The van der Waals surface area contributed by atoms with E-state index in [1.807, 2.05) is 36.7 Å². The zero-order valence-electron chi connectivity index (χ0n) is 22.3. The van der Waals surface area contributed by atoms with E-state index in [2.05, 4.69) is 25.5 Å². The van der Waals surface area contributed by atoms with Gasteiger partial charge in [0.1, 0.15) is 6.04 Å². The molecule has 0 aliphatic carbocycles. The molecule has 0 spiro atoms. The highest BCUT2D eigenvalue weighted by Crippen LogP contribution is 2.30. The van der Waals surface area contributed by atoms with Crippen molar-refractivity contribution in [2.24, 2.45) is 5.92 Å². The van der Waals surface area contributed by atoms with Crippen molar-refractivity contribution in [2.75, 3.05) is 23.3 Å². The van der Waals surface area contributed by atoms with Crippen molar-refractivity contribution >= 4 is 46.9 Å². The summed E-state index contributed by atoms with van der Waals surface area (Å²) in [5, 5.41) is 5.95. The van der Waals surface area contributed by atoms with E-state index in [4.69, 9.17) is 11.6 Å². The average Bonchev–Trinajstić information content (AvgIpc) is 3.28. The highest BCUT2D eigenvalue weighted by atomic mass is 35.5. The first-order valence-electron chi connectivity index (χ1n) is 13.7. The normalized spacial score (nSPS) is 19.2. The first kappa shape index (κ1) is 26.9. The molecule has 210 valence electrons. The van der Waals surface area contributed by atoms with Gasteiger partial charge in [-0.3, -0.25) is 24.5 Å². The lowest BCUT2D eigenvalue weighted by atomic mass is 9.93. The highest BCUT2D eigenvalue weighted by Gasteiger charge is 2.39. The Labute approximate surface area is 242 Å². The molecule has 2 saturated heterocycles. The third-order valence-electron chi connectivity index (χ3n) is 7.97. The van der Waals surface area contributed by atoms with Crippen LogP contribution in [0, 0.1) is 5.92 Å². The SMILES string of the molecule is O=C1CCC(N2Cc3cc(NC(=O)CC4CCN(c5ncc(-c6cccc(Cl)c6)cn5)CC4)ccc3C2=O)C(=O)N1. The Morgan fingerprint density at radius 3 is 2.51 bits per heavy atom. The Morgan fingerprint density at radius 1 is 1.00 bits per heavy atom. The van der Waals surface area contributed by atoms with E-state index in [1.165, 1.54) is 4.90 Å². The molecular weight excluding hydrogens is 544 g/mol. The van der Waals surface area contributed by atoms with E-state index in [0.717, 1.165) is 42.6 Å². The molecule has 4 amide bonds. The second-order valence-corrected chi connectivity index (χ2v) is 11.2. The van der Waals surface area contributed by atoms with E-state index >= 15 is 0 Å². The molecule has 0 saturated carbocycles. The fraction of sp³-hybridized carbons (Fsp3) is 0.333. The number of hydrogen-bond acceptors (Lipinski definition) is 7. The van der Waals surface area contributed by atoms with Crippen molar-refractivity contribution in [2.45, 2.75) is 44.7 Å². The van der Waals surface area contributed by atoms with E-state index in [1.54, 1.807) is 18.2 Å². The van der Waals surface area contributed by atoms with Crippen LogP contribution in [-0.2, 0) is 20.9 Å². The summed E-state index contributed by atoms with van der Waals surface area (Å²) in [6, 6.07) is 12.1. The van der Waals surface area contributed by atoms with Gasteiger partial charge in [-0.2, -0.15) is 0 Å². The van der Waals surface area contributed by atoms with Gasteiger partial charge in [-0.1, -0.05) is 23.7 Å². The summed E-state index contributed by atoms with van der Waals surface area (Å²) >= 11 is 6.10. The summed E-state index contributed by atoms with van der Waals surface area (Å²) in [5.74, 6) is -0.140. The van der Waals surface area contributed by atoms with E-state index in [-0.39, 0.29) is 36.6 Å². The monoisotopic (exact) mass is 572 g/mol. The van der Waals surface area contributed by atoms with Gasteiger partial charge in [0.2, 0.25) is 23.7 Å². The topological polar surface area (TPSA) is 125 Å². The van der Waals surface area contributed by atoms with Gasteiger partial charge in [0.15, 0.2) is 0 Å².